The number of ether oxygens (including phenoxy) is 3. The molecule has 2 heterocycles. The molecule has 0 bridgehead atoms. The molecule has 2 aliphatic rings. The van der Waals surface area contributed by atoms with Gasteiger partial charge >= 0.3 is 18.1 Å². The lowest BCUT2D eigenvalue weighted by Gasteiger charge is -2.37. The van der Waals surface area contributed by atoms with Crippen LogP contribution in [0.1, 0.15) is 57.4 Å². The number of nitrogens with zero attached hydrogens (tertiary/aromatic N) is 3. The maximum atomic E-state index is 14.9. The van der Waals surface area contributed by atoms with Gasteiger partial charge in [0, 0.05) is 43.2 Å². The third kappa shape index (κ3) is 7.97. The summed E-state index contributed by atoms with van der Waals surface area (Å²) in [6, 6.07) is 21.6. The number of likely N-dealkylation sites (tertiary alicyclic amines) is 1. The van der Waals surface area contributed by atoms with E-state index in [1.165, 1.54) is 13.0 Å². The summed E-state index contributed by atoms with van der Waals surface area (Å²) < 4.78 is 36.0. The van der Waals surface area contributed by atoms with E-state index in [4.69, 9.17) is 18.7 Å². The van der Waals surface area contributed by atoms with Gasteiger partial charge in [0.15, 0.2) is 5.41 Å². The first-order valence-electron chi connectivity index (χ1n) is 16.5. The molecule has 4 aromatic rings. The number of carboxylic acid groups (broad SMARTS) is 1. The normalized spacial score (nSPS) is 17.2. The van der Waals surface area contributed by atoms with Gasteiger partial charge in [-0.3, -0.25) is 14.5 Å². The van der Waals surface area contributed by atoms with Crippen LogP contribution in [0.25, 0.3) is 34.0 Å². The second kappa shape index (κ2) is 15.0. The quantitative estimate of drug-likeness (QED) is 0.103. The largest absolute Gasteiger partial charge is 0.511 e. The van der Waals surface area contributed by atoms with Crippen LogP contribution >= 0.6 is 0 Å². The molecule has 0 amide bonds. The van der Waals surface area contributed by atoms with Crippen molar-refractivity contribution in [1.82, 2.24) is 15.0 Å². The van der Waals surface area contributed by atoms with Crippen LogP contribution in [0.5, 0.6) is 0 Å². The molecule has 1 unspecified atom stereocenters. The summed E-state index contributed by atoms with van der Waals surface area (Å²) in [5, 5.41) is 14.1. The third-order valence-corrected chi connectivity index (χ3v) is 9.21. The maximum Gasteiger partial charge on any atom is 0.511 e. The fourth-order valence-electron chi connectivity index (χ4n) is 6.34. The SMILES string of the molecule is CC(OC(=O)OC1CCCCC1)OC(=O)C1(C(=O)O)CCN(Cc2ccc(-c3noc(-c4ccc(-c5ccccc5)c(F)c4)n3)cc2)CC1. The number of rotatable bonds is 10. The number of carbonyl (C=O) groups excluding carboxylic acids is 2. The lowest BCUT2D eigenvalue weighted by Crippen LogP contribution is -2.50. The van der Waals surface area contributed by atoms with E-state index in [9.17, 15) is 23.9 Å². The second-order valence-corrected chi connectivity index (χ2v) is 12.6. The molecule has 2 fully saturated rings. The summed E-state index contributed by atoms with van der Waals surface area (Å²) in [5.74, 6) is -2.04. The van der Waals surface area contributed by atoms with Gasteiger partial charge in [0.1, 0.15) is 11.9 Å². The molecule has 1 aromatic heterocycles. The molecule has 12 heteroatoms. The monoisotopic (exact) mass is 671 g/mol. The van der Waals surface area contributed by atoms with E-state index in [2.05, 4.69) is 15.0 Å². The van der Waals surface area contributed by atoms with Gasteiger partial charge in [-0.05, 0) is 61.8 Å². The lowest BCUT2D eigenvalue weighted by molar-refractivity contribution is -0.190. The number of benzene rings is 3. The van der Waals surface area contributed by atoms with Gasteiger partial charge in [-0.15, -0.1) is 0 Å². The molecule has 11 nitrogen and oxygen atoms in total. The number of halogens is 1. The Kier molecular flexibility index (Phi) is 10.3. The average molecular weight is 672 g/mol. The highest BCUT2D eigenvalue weighted by Crippen LogP contribution is 2.35. The Morgan fingerprint density at radius 2 is 1.63 bits per heavy atom. The standard InChI is InChI=1S/C37H38FN3O8/c1-24(47-36(45)48-29-10-6-3-7-11-29)46-35(44)37(34(42)43)18-20-41(21-19-37)23-25-12-14-27(15-13-25)32-39-33(49-40-32)28-16-17-30(31(38)22-28)26-8-4-2-5-9-26/h2,4-5,8-9,12-17,22,24,29H,3,6-7,10-11,18-21,23H2,1H3,(H,42,43). The number of esters is 1. The fourth-order valence-corrected chi connectivity index (χ4v) is 6.34. The van der Waals surface area contributed by atoms with Gasteiger partial charge in [-0.1, -0.05) is 72.2 Å². The number of hydrogen-bond donors (Lipinski definition) is 1. The zero-order chi connectivity index (χ0) is 34.4. The Hall–Kier alpha value is -5.10. The van der Waals surface area contributed by atoms with Crippen LogP contribution in [-0.2, 0) is 30.3 Å². The van der Waals surface area contributed by atoms with Crippen LogP contribution in [0, 0.1) is 11.2 Å². The smallest absolute Gasteiger partial charge is 0.480 e. The number of aliphatic carboxylic acids is 1. The van der Waals surface area contributed by atoms with Gasteiger partial charge < -0.3 is 23.8 Å². The predicted molar refractivity (Wildman–Crippen MR) is 175 cm³/mol. The van der Waals surface area contributed by atoms with Crippen LogP contribution < -0.4 is 0 Å². The Labute approximate surface area is 283 Å². The Morgan fingerprint density at radius 1 is 0.939 bits per heavy atom. The van der Waals surface area contributed by atoms with E-state index < -0.39 is 35.6 Å². The van der Waals surface area contributed by atoms with E-state index in [0.717, 1.165) is 43.2 Å². The zero-order valence-electron chi connectivity index (χ0n) is 27.2. The predicted octanol–water partition coefficient (Wildman–Crippen LogP) is 7.25. The second-order valence-electron chi connectivity index (χ2n) is 12.6. The Balaban J connectivity index is 1.01. The number of carboxylic acids is 1. The number of aromatic nitrogens is 2. The topological polar surface area (TPSA) is 141 Å². The number of piperidine rings is 1. The van der Waals surface area contributed by atoms with Gasteiger partial charge in [0.05, 0.1) is 0 Å². The van der Waals surface area contributed by atoms with Gasteiger partial charge in [-0.2, -0.15) is 4.98 Å². The minimum absolute atomic E-state index is 0.0387. The first kappa shape index (κ1) is 33.8. The highest BCUT2D eigenvalue weighted by Gasteiger charge is 2.50. The van der Waals surface area contributed by atoms with Crippen LogP contribution in [0.15, 0.2) is 77.3 Å². The molecule has 256 valence electrons. The molecule has 1 atom stereocenters. The van der Waals surface area contributed by atoms with Crippen molar-refractivity contribution in [2.24, 2.45) is 5.41 Å². The van der Waals surface area contributed by atoms with E-state index in [1.807, 2.05) is 54.6 Å². The lowest BCUT2D eigenvalue weighted by atomic mass is 9.78. The molecule has 1 N–H and O–H groups in total. The summed E-state index contributed by atoms with van der Waals surface area (Å²) in [5.41, 5.74) is 1.66. The molecule has 1 saturated carbocycles. The molecule has 1 aliphatic carbocycles. The highest BCUT2D eigenvalue weighted by molar-refractivity contribution is 5.99. The Bertz CT molecular complexity index is 1760. The summed E-state index contributed by atoms with van der Waals surface area (Å²) in [6.07, 6.45) is 2.23. The maximum absolute atomic E-state index is 14.9. The minimum atomic E-state index is -1.74. The van der Waals surface area contributed by atoms with Crippen LogP contribution in [0.4, 0.5) is 9.18 Å². The summed E-state index contributed by atoms with van der Waals surface area (Å²) in [7, 11) is 0. The van der Waals surface area contributed by atoms with E-state index in [-0.39, 0.29) is 24.8 Å². The number of hydrogen-bond acceptors (Lipinski definition) is 10. The first-order valence-corrected chi connectivity index (χ1v) is 16.5. The zero-order valence-corrected chi connectivity index (χ0v) is 27.2. The number of carbonyl (C=O) groups is 3. The molecule has 3 aromatic carbocycles. The van der Waals surface area contributed by atoms with E-state index in [1.54, 1.807) is 12.1 Å². The van der Waals surface area contributed by atoms with Crippen molar-refractivity contribution in [1.29, 1.82) is 0 Å². The first-order chi connectivity index (χ1) is 23.7. The summed E-state index contributed by atoms with van der Waals surface area (Å²) in [6.45, 7) is 2.58. The molecule has 1 aliphatic heterocycles. The molecule has 6 rings (SSSR count). The molecular formula is C37H38FN3O8. The summed E-state index contributed by atoms with van der Waals surface area (Å²) >= 11 is 0. The molecule has 0 radical (unpaired) electrons. The van der Waals surface area contributed by atoms with Crippen molar-refractivity contribution >= 4 is 18.1 Å². The van der Waals surface area contributed by atoms with Crippen molar-refractivity contribution < 1.29 is 42.6 Å². The molecule has 1 saturated heterocycles. The summed E-state index contributed by atoms with van der Waals surface area (Å²) in [4.78, 5) is 44.1. The van der Waals surface area contributed by atoms with Crippen LogP contribution in [-0.4, -0.2) is 63.7 Å². The fraction of sp³-hybridized carbons (Fsp3) is 0.378. The van der Waals surface area contributed by atoms with Crippen molar-refractivity contribution in [3.63, 3.8) is 0 Å². The minimum Gasteiger partial charge on any atom is -0.480 e. The third-order valence-electron chi connectivity index (χ3n) is 9.21. The molecular weight excluding hydrogens is 633 g/mol. The highest BCUT2D eigenvalue weighted by atomic mass is 19.1. The van der Waals surface area contributed by atoms with Gasteiger partial charge in [0.25, 0.3) is 5.89 Å². The molecule has 49 heavy (non-hydrogen) atoms. The molecule has 0 spiro atoms. The van der Waals surface area contributed by atoms with Crippen molar-refractivity contribution in [3.05, 3.63) is 84.2 Å². The van der Waals surface area contributed by atoms with E-state index >= 15 is 0 Å². The Morgan fingerprint density at radius 3 is 2.31 bits per heavy atom. The van der Waals surface area contributed by atoms with Crippen molar-refractivity contribution in [2.75, 3.05) is 13.1 Å². The average Bonchev–Trinajstić information content (AvgIpc) is 3.60. The van der Waals surface area contributed by atoms with Crippen molar-refractivity contribution in [3.8, 4) is 34.0 Å². The van der Waals surface area contributed by atoms with Gasteiger partial charge in [0.2, 0.25) is 12.1 Å². The van der Waals surface area contributed by atoms with E-state index in [0.29, 0.717) is 42.1 Å². The van der Waals surface area contributed by atoms with Gasteiger partial charge in [-0.25, -0.2) is 9.18 Å². The van der Waals surface area contributed by atoms with Crippen molar-refractivity contribution in [2.45, 2.75) is 70.8 Å². The van der Waals surface area contributed by atoms with Crippen LogP contribution in [0.2, 0.25) is 0 Å². The van der Waals surface area contributed by atoms with Crippen LogP contribution in [0.3, 0.4) is 0 Å².